The van der Waals surface area contributed by atoms with Crippen LogP contribution in [0.2, 0.25) is 0 Å². The number of urea groups is 1. The van der Waals surface area contributed by atoms with Crippen LogP contribution in [-0.2, 0) is 29.1 Å². The summed E-state index contributed by atoms with van der Waals surface area (Å²) in [6.45, 7) is 0.862. The van der Waals surface area contributed by atoms with E-state index in [0.717, 1.165) is 27.7 Å². The summed E-state index contributed by atoms with van der Waals surface area (Å²) in [4.78, 5) is 43.8. The topological polar surface area (TPSA) is 138 Å². The second kappa shape index (κ2) is 10.9. The van der Waals surface area contributed by atoms with E-state index in [9.17, 15) is 19.5 Å². The largest absolute Gasteiger partial charge is 0.508 e. The molecule has 0 saturated carbocycles. The number of aromatic hydroxyl groups is 1. The summed E-state index contributed by atoms with van der Waals surface area (Å²) in [6, 6.07) is 20.7. The summed E-state index contributed by atoms with van der Waals surface area (Å²) < 4.78 is 0. The predicted octanol–water partition coefficient (Wildman–Crippen LogP) is 1.84. The first kappa shape index (κ1) is 26.3. The third-order valence-corrected chi connectivity index (χ3v) is 7.66. The molecule has 12 heteroatoms. The monoisotopic (exact) mass is 554 g/mol. The Balaban J connectivity index is 1.26. The zero-order chi connectivity index (χ0) is 28.5. The molecule has 41 heavy (non-hydrogen) atoms. The molecule has 2 atom stereocenters. The van der Waals surface area contributed by atoms with Gasteiger partial charge in [-0.05, 0) is 41.0 Å². The van der Waals surface area contributed by atoms with Crippen molar-refractivity contribution >= 4 is 28.9 Å². The Kier molecular flexibility index (Phi) is 6.98. The number of piperazine rings is 1. The Morgan fingerprint density at radius 1 is 1.05 bits per heavy atom. The lowest BCUT2D eigenvalue weighted by Gasteiger charge is -2.45. The van der Waals surface area contributed by atoms with Crippen LogP contribution in [0.5, 0.6) is 5.75 Å². The van der Waals surface area contributed by atoms with Crippen LogP contribution in [0.3, 0.4) is 0 Å². The maximum atomic E-state index is 13.9. The Labute approximate surface area is 236 Å². The molecule has 2 aliphatic heterocycles. The maximum Gasteiger partial charge on any atom is 0.332 e. The van der Waals surface area contributed by atoms with E-state index >= 15 is 0 Å². The van der Waals surface area contributed by atoms with Gasteiger partial charge in [0.25, 0.3) is 0 Å². The van der Waals surface area contributed by atoms with Gasteiger partial charge in [0.15, 0.2) is 0 Å². The minimum Gasteiger partial charge on any atom is -0.508 e. The molecule has 0 bridgehead atoms. The highest BCUT2D eigenvalue weighted by atomic mass is 16.3. The second-order valence-electron chi connectivity index (χ2n) is 10.3. The fourth-order valence-electron chi connectivity index (χ4n) is 5.52. The van der Waals surface area contributed by atoms with Gasteiger partial charge in [0.1, 0.15) is 23.5 Å². The van der Waals surface area contributed by atoms with Gasteiger partial charge in [-0.1, -0.05) is 53.7 Å². The first-order valence-corrected chi connectivity index (χ1v) is 13.4. The van der Waals surface area contributed by atoms with Crippen molar-refractivity contribution in [2.24, 2.45) is 0 Å². The lowest BCUT2D eigenvalue weighted by Crippen LogP contribution is -2.65. The molecule has 2 aliphatic rings. The van der Waals surface area contributed by atoms with Gasteiger partial charge in [-0.2, -0.15) is 5.01 Å². The fraction of sp³-hybridized carbons (Fsp3) is 0.276. The number of carbonyl (C=O) groups excluding carboxylic acids is 3. The quantitative estimate of drug-likeness (QED) is 0.317. The lowest BCUT2D eigenvalue weighted by atomic mass is 10.00. The van der Waals surface area contributed by atoms with Crippen LogP contribution in [0, 0.1) is 0 Å². The molecule has 12 nitrogen and oxygen atoms in total. The van der Waals surface area contributed by atoms with Crippen molar-refractivity contribution in [3.8, 4) is 5.75 Å². The first-order chi connectivity index (χ1) is 19.9. The Morgan fingerprint density at radius 3 is 2.59 bits per heavy atom. The highest BCUT2D eigenvalue weighted by molar-refractivity contribution is 5.92. The number of aromatic nitrogens is 3. The zero-order valence-electron chi connectivity index (χ0n) is 22.5. The molecule has 4 amide bonds. The number of rotatable bonds is 7. The van der Waals surface area contributed by atoms with E-state index in [4.69, 9.17) is 0 Å². The Morgan fingerprint density at radius 2 is 1.80 bits per heavy atom. The summed E-state index contributed by atoms with van der Waals surface area (Å²) in [7, 11) is 1.63. The highest BCUT2D eigenvalue weighted by Crippen LogP contribution is 2.30. The standard InChI is InChI=1S/C29H30N8O4/c1-34(29(41)30-15-20-5-3-2-4-6-20)36-18-27(39)37-25(14-19-7-10-22(38)11-8-19)28(40)35(17-26(36)37)16-21-9-12-23-24(13-21)32-33-31-23/h2-13,25-26,38H,14-18H2,1H3,(H,30,41)(H,31,32,33)/t25-,26+/m0/s1. The van der Waals surface area contributed by atoms with Crippen molar-refractivity contribution in [3.05, 3.63) is 89.5 Å². The van der Waals surface area contributed by atoms with E-state index in [1.807, 2.05) is 48.5 Å². The van der Waals surface area contributed by atoms with Gasteiger partial charge in [-0.3, -0.25) is 19.7 Å². The average Bonchev–Trinajstić information content (AvgIpc) is 3.58. The van der Waals surface area contributed by atoms with Crippen LogP contribution in [-0.4, -0.2) is 90.5 Å². The SMILES string of the molecule is CN(C(=O)NCc1ccccc1)N1CC(=O)N2[C@@H](Cc3ccc(O)cc3)C(=O)N(Cc3ccc4nn[nH]c4c3)C[C@@H]21. The number of amides is 4. The molecular formula is C29H30N8O4. The Bertz CT molecular complexity index is 1570. The van der Waals surface area contributed by atoms with Crippen LogP contribution in [0.25, 0.3) is 11.0 Å². The zero-order valence-corrected chi connectivity index (χ0v) is 22.5. The van der Waals surface area contributed by atoms with Gasteiger partial charge in [-0.25, -0.2) is 4.79 Å². The average molecular weight is 555 g/mol. The molecule has 0 aliphatic carbocycles. The van der Waals surface area contributed by atoms with Gasteiger partial charge >= 0.3 is 6.03 Å². The third kappa shape index (κ3) is 5.29. The van der Waals surface area contributed by atoms with Gasteiger partial charge in [0.2, 0.25) is 11.8 Å². The number of H-pyrrole nitrogens is 1. The second-order valence-corrected chi connectivity index (χ2v) is 10.3. The van der Waals surface area contributed by atoms with Crippen molar-refractivity contribution in [1.29, 1.82) is 0 Å². The summed E-state index contributed by atoms with van der Waals surface area (Å²) in [6.07, 6.45) is -0.258. The number of fused-ring (bicyclic) bond motifs is 2. The molecule has 0 radical (unpaired) electrons. The maximum absolute atomic E-state index is 13.9. The number of carbonyl (C=O) groups is 3. The molecule has 210 valence electrons. The van der Waals surface area contributed by atoms with Crippen molar-refractivity contribution in [2.75, 3.05) is 20.1 Å². The minimum atomic E-state index is -0.769. The van der Waals surface area contributed by atoms with Gasteiger partial charge < -0.3 is 20.2 Å². The van der Waals surface area contributed by atoms with Crippen LogP contribution >= 0.6 is 0 Å². The Hall–Kier alpha value is -4.97. The molecule has 4 aromatic rings. The number of hydrogen-bond acceptors (Lipinski definition) is 7. The number of phenolic OH excluding ortho intramolecular Hbond substituents is 1. The highest BCUT2D eigenvalue weighted by Gasteiger charge is 2.51. The summed E-state index contributed by atoms with van der Waals surface area (Å²) >= 11 is 0. The van der Waals surface area contributed by atoms with E-state index in [1.165, 1.54) is 5.01 Å². The van der Waals surface area contributed by atoms with Crippen LogP contribution in [0.4, 0.5) is 4.79 Å². The van der Waals surface area contributed by atoms with Gasteiger partial charge in [0, 0.05) is 26.6 Å². The van der Waals surface area contributed by atoms with Gasteiger partial charge in [0.05, 0.1) is 18.6 Å². The van der Waals surface area contributed by atoms with E-state index in [2.05, 4.69) is 20.7 Å². The number of aromatic amines is 1. The molecule has 3 N–H and O–H groups in total. The number of hydrazine groups is 1. The summed E-state index contributed by atoms with van der Waals surface area (Å²) in [5.41, 5.74) is 4.15. The van der Waals surface area contributed by atoms with Crippen molar-refractivity contribution < 1.29 is 19.5 Å². The minimum absolute atomic E-state index is 0.0289. The number of hydrogen-bond donors (Lipinski definition) is 3. The number of nitrogens with zero attached hydrogens (tertiary/aromatic N) is 6. The van der Waals surface area contributed by atoms with Gasteiger partial charge in [-0.15, -0.1) is 5.10 Å². The number of benzene rings is 3. The van der Waals surface area contributed by atoms with Crippen molar-refractivity contribution in [2.45, 2.75) is 31.7 Å². The number of nitrogens with one attached hydrogen (secondary N) is 2. The van der Waals surface area contributed by atoms with E-state index in [0.29, 0.717) is 13.1 Å². The third-order valence-electron chi connectivity index (χ3n) is 7.66. The molecule has 1 aromatic heterocycles. The van der Waals surface area contributed by atoms with E-state index in [1.54, 1.807) is 46.1 Å². The lowest BCUT2D eigenvalue weighted by molar-refractivity contribution is -0.157. The summed E-state index contributed by atoms with van der Waals surface area (Å²) in [5.74, 6) is -0.276. The van der Waals surface area contributed by atoms with Crippen LogP contribution in [0.1, 0.15) is 16.7 Å². The molecule has 3 heterocycles. The normalized spacial score (nSPS) is 19.0. The smallest absolute Gasteiger partial charge is 0.332 e. The molecule has 2 fully saturated rings. The van der Waals surface area contributed by atoms with Crippen LogP contribution < -0.4 is 5.32 Å². The molecule has 2 saturated heterocycles. The number of phenols is 1. The summed E-state index contributed by atoms with van der Waals surface area (Å²) in [5, 5.41) is 26.5. The molecule has 3 aromatic carbocycles. The van der Waals surface area contributed by atoms with Crippen molar-refractivity contribution in [1.82, 2.24) is 40.5 Å². The van der Waals surface area contributed by atoms with E-state index in [-0.39, 0.29) is 43.1 Å². The van der Waals surface area contributed by atoms with Crippen LogP contribution in [0.15, 0.2) is 72.8 Å². The predicted molar refractivity (Wildman–Crippen MR) is 149 cm³/mol. The van der Waals surface area contributed by atoms with Crippen molar-refractivity contribution in [3.63, 3.8) is 0 Å². The van der Waals surface area contributed by atoms with E-state index < -0.39 is 12.2 Å². The fourth-order valence-corrected chi connectivity index (χ4v) is 5.52. The molecule has 0 unspecified atom stereocenters. The molecule has 6 rings (SSSR count). The molecule has 0 spiro atoms. The molecular weight excluding hydrogens is 524 g/mol. The first-order valence-electron chi connectivity index (χ1n) is 13.4.